The van der Waals surface area contributed by atoms with Crippen LogP contribution in [0.15, 0.2) is 22.7 Å². The fourth-order valence-corrected chi connectivity index (χ4v) is 4.08. The Balaban J connectivity index is 0.00000306. The topological polar surface area (TPSA) is 151 Å². The Bertz CT molecular complexity index is 1140. The summed E-state index contributed by atoms with van der Waals surface area (Å²) in [5.41, 5.74) is -2.08. The maximum Gasteiger partial charge on any atom is 1.00 e. The molecule has 2 atom stereocenters. The summed E-state index contributed by atoms with van der Waals surface area (Å²) < 4.78 is 9.96. The molecule has 1 aromatic carbocycles. The van der Waals surface area contributed by atoms with E-state index in [1.165, 1.54) is 6.92 Å². The van der Waals surface area contributed by atoms with Gasteiger partial charge < -0.3 is 24.5 Å². The summed E-state index contributed by atoms with van der Waals surface area (Å²) in [4.78, 5) is 54.1. The molecule has 11 nitrogen and oxygen atoms in total. The van der Waals surface area contributed by atoms with Gasteiger partial charge >= 0.3 is 35.5 Å². The molecule has 0 spiro atoms. The van der Waals surface area contributed by atoms with E-state index < -0.39 is 42.1 Å². The van der Waals surface area contributed by atoms with Gasteiger partial charge in [-0.2, -0.15) is 5.06 Å². The number of esters is 1. The maximum atomic E-state index is 13.0. The van der Waals surface area contributed by atoms with E-state index in [1.54, 1.807) is 18.2 Å². The minimum atomic E-state index is -2.39. The number of nitrogens with one attached hydrogen (secondary N) is 1. The zero-order valence-electron chi connectivity index (χ0n) is 17.3. The molecule has 3 heterocycles. The first-order chi connectivity index (χ1) is 15.2. The second-order valence-electron chi connectivity index (χ2n) is 7.06. The van der Waals surface area contributed by atoms with E-state index in [1.807, 2.05) is 0 Å². The summed E-state index contributed by atoms with van der Waals surface area (Å²) in [5.74, 6) is -4.19. The van der Waals surface area contributed by atoms with Crippen LogP contribution in [-0.4, -0.2) is 52.3 Å². The quantitative estimate of drug-likeness (QED) is 0.346. The zero-order valence-corrected chi connectivity index (χ0v) is 20.9. The van der Waals surface area contributed by atoms with Gasteiger partial charge in [-0.3, -0.25) is 19.2 Å². The fraction of sp³-hybridized carbons (Fsp3) is 0.316. The number of carbonyl (C=O) groups excluding carboxylic acids is 4. The van der Waals surface area contributed by atoms with Crippen molar-refractivity contribution in [2.75, 3.05) is 6.61 Å². The van der Waals surface area contributed by atoms with Crippen molar-refractivity contribution < 1.29 is 67.9 Å². The van der Waals surface area contributed by atoms with Crippen LogP contribution < -0.4 is 40.0 Å². The second kappa shape index (κ2) is 9.61. The summed E-state index contributed by atoms with van der Waals surface area (Å²) in [7, 11) is 0. The van der Waals surface area contributed by atoms with Crippen molar-refractivity contribution in [3.63, 3.8) is 0 Å². The van der Waals surface area contributed by atoms with Gasteiger partial charge in [-0.1, -0.05) is 34.4 Å². The molecule has 14 heteroatoms. The van der Waals surface area contributed by atoms with E-state index in [0.717, 1.165) is 0 Å². The second-order valence-corrected chi connectivity index (χ2v) is 7.87. The predicted octanol–water partition coefficient (Wildman–Crippen LogP) is -2.38. The van der Waals surface area contributed by atoms with E-state index >= 15 is 0 Å². The van der Waals surface area contributed by atoms with Gasteiger partial charge in [-0.05, 0) is 19.1 Å². The van der Waals surface area contributed by atoms with Crippen molar-refractivity contribution in [3.8, 4) is 11.3 Å². The molecular formula is C19H14Cl2N3NaO8. The monoisotopic (exact) mass is 505 g/mol. The third-order valence-corrected chi connectivity index (χ3v) is 5.69. The molecular weight excluding hydrogens is 492 g/mol. The average molecular weight is 506 g/mol. The number of hydroxylamine groups is 2. The minimum Gasteiger partial charge on any atom is -0.544 e. The molecule has 0 bridgehead atoms. The molecule has 2 aromatic rings. The molecule has 2 aliphatic heterocycles. The Labute approximate surface area is 218 Å². The Hall–Kier alpha value is -2.15. The standard InChI is InChI=1S/C19H15Cl2N3O8.Na/c1-8-13(15(23-32-8)14-9(20)3-2-4-10(14)21)16(26)22-11-7-30-24(17(11)27)19(18(28)29)6-5-12(25)31-19;/h2-4,11H,5-7H2,1H3,(H,22,26)(H,28,29);/q;+1/p-1/t11-,19?;/m0./s1. The van der Waals surface area contributed by atoms with Crippen LogP contribution >= 0.6 is 23.2 Å². The van der Waals surface area contributed by atoms with Crippen LogP contribution in [0.3, 0.4) is 0 Å². The third-order valence-electron chi connectivity index (χ3n) is 5.06. The molecule has 2 saturated heterocycles. The van der Waals surface area contributed by atoms with Crippen LogP contribution in [0.1, 0.15) is 29.0 Å². The summed E-state index contributed by atoms with van der Waals surface area (Å²) in [6.45, 7) is 1.09. The van der Waals surface area contributed by atoms with E-state index in [4.69, 9.17) is 37.3 Å². The van der Waals surface area contributed by atoms with Gasteiger partial charge in [0.15, 0.2) is 0 Å². The SMILES string of the molecule is Cc1onc(-c2c(Cl)cccc2Cl)c1C(=O)N[C@H]1CON(C2(C(=O)[O-])CCC(=O)O2)C1=O.[Na+]. The number of carbonyl (C=O) groups is 4. The molecule has 0 aliphatic carbocycles. The molecule has 1 aromatic heterocycles. The summed E-state index contributed by atoms with van der Waals surface area (Å²) in [6, 6.07) is 3.46. The molecule has 168 valence electrons. The largest absolute Gasteiger partial charge is 1.00 e. The van der Waals surface area contributed by atoms with E-state index in [-0.39, 0.29) is 75.0 Å². The van der Waals surface area contributed by atoms with Crippen molar-refractivity contribution in [1.82, 2.24) is 15.5 Å². The van der Waals surface area contributed by atoms with Crippen molar-refractivity contribution in [3.05, 3.63) is 39.6 Å². The Kier molecular flexibility index (Phi) is 7.42. The van der Waals surface area contributed by atoms with E-state index in [0.29, 0.717) is 5.06 Å². The number of nitrogens with zero attached hydrogens (tertiary/aromatic N) is 2. The van der Waals surface area contributed by atoms with Crippen molar-refractivity contribution in [1.29, 1.82) is 0 Å². The number of aryl methyl sites for hydroxylation is 1. The minimum absolute atomic E-state index is 0. The number of aromatic nitrogens is 1. The van der Waals surface area contributed by atoms with Crippen LogP contribution in [0.5, 0.6) is 0 Å². The number of halogens is 2. The van der Waals surface area contributed by atoms with Gasteiger partial charge in [0.1, 0.15) is 35.6 Å². The summed E-state index contributed by atoms with van der Waals surface area (Å²) >= 11 is 12.4. The van der Waals surface area contributed by atoms with Crippen LogP contribution in [0.4, 0.5) is 0 Å². The van der Waals surface area contributed by atoms with Gasteiger partial charge in [-0.25, -0.2) is 0 Å². The first-order valence-corrected chi connectivity index (χ1v) is 10.0. The zero-order chi connectivity index (χ0) is 23.2. The number of carboxylic acids is 1. The number of hydrogen-bond acceptors (Lipinski definition) is 9. The van der Waals surface area contributed by atoms with Crippen LogP contribution in [0.2, 0.25) is 10.0 Å². The van der Waals surface area contributed by atoms with Gasteiger partial charge in [0.2, 0.25) is 0 Å². The Morgan fingerprint density at radius 3 is 2.52 bits per heavy atom. The van der Waals surface area contributed by atoms with Crippen molar-refractivity contribution in [2.24, 2.45) is 0 Å². The number of ether oxygens (including phenoxy) is 1. The summed E-state index contributed by atoms with van der Waals surface area (Å²) in [6.07, 6.45) is -0.583. The smallest absolute Gasteiger partial charge is 0.544 e. The number of amides is 2. The van der Waals surface area contributed by atoms with Gasteiger partial charge in [0.05, 0.1) is 16.5 Å². The van der Waals surface area contributed by atoms with Crippen LogP contribution in [-0.2, 0) is 24.0 Å². The Morgan fingerprint density at radius 1 is 1.27 bits per heavy atom. The van der Waals surface area contributed by atoms with E-state index in [9.17, 15) is 24.3 Å². The molecule has 33 heavy (non-hydrogen) atoms. The number of aliphatic carboxylic acids is 1. The average Bonchev–Trinajstić information content (AvgIpc) is 3.40. The Morgan fingerprint density at radius 2 is 1.94 bits per heavy atom. The predicted molar refractivity (Wildman–Crippen MR) is 104 cm³/mol. The number of cyclic esters (lactones) is 1. The van der Waals surface area contributed by atoms with Crippen molar-refractivity contribution in [2.45, 2.75) is 31.5 Å². The fourth-order valence-electron chi connectivity index (χ4n) is 3.51. The molecule has 0 radical (unpaired) electrons. The van der Waals surface area contributed by atoms with Crippen LogP contribution in [0.25, 0.3) is 11.3 Å². The van der Waals surface area contributed by atoms with Gasteiger partial charge in [0.25, 0.3) is 17.5 Å². The van der Waals surface area contributed by atoms with Gasteiger partial charge in [0, 0.05) is 12.0 Å². The molecule has 2 aliphatic rings. The number of hydrogen-bond donors (Lipinski definition) is 1. The van der Waals surface area contributed by atoms with Gasteiger partial charge in [-0.15, -0.1) is 0 Å². The van der Waals surface area contributed by atoms with Crippen molar-refractivity contribution >= 4 is 47.0 Å². The first kappa shape index (κ1) is 25.5. The number of carboxylic acid groups (broad SMARTS) is 1. The maximum absolute atomic E-state index is 13.0. The van der Waals surface area contributed by atoms with E-state index in [2.05, 4.69) is 10.5 Å². The molecule has 4 rings (SSSR count). The molecule has 2 amide bonds. The third kappa shape index (κ3) is 4.36. The normalized spacial score (nSPS) is 22.2. The number of benzene rings is 1. The molecule has 1 N–H and O–H groups in total. The first-order valence-electron chi connectivity index (χ1n) is 9.27. The molecule has 0 saturated carbocycles. The molecule has 1 unspecified atom stereocenters. The van der Waals surface area contributed by atoms with Crippen LogP contribution in [0, 0.1) is 6.92 Å². The summed E-state index contributed by atoms with van der Waals surface area (Å²) in [5, 5.41) is 18.8. The number of rotatable bonds is 5. The molecule has 2 fully saturated rings.